The Morgan fingerprint density at radius 2 is 2.15 bits per heavy atom. The summed E-state index contributed by atoms with van der Waals surface area (Å²) >= 11 is 0. The SMILES string of the molecule is COC(=O)CCc1cnc2n1CCN(c1cc(=O)[nH]c3ccccc13)C2. The minimum absolute atomic E-state index is 0.105. The first-order valence-electron chi connectivity index (χ1n) is 8.63. The zero-order chi connectivity index (χ0) is 18.1. The average molecular weight is 352 g/mol. The maximum atomic E-state index is 12.0. The number of nitrogens with zero attached hydrogens (tertiary/aromatic N) is 3. The smallest absolute Gasteiger partial charge is 0.305 e. The second kappa shape index (κ2) is 6.67. The molecule has 1 aromatic carbocycles. The van der Waals surface area contributed by atoms with E-state index in [-0.39, 0.29) is 11.5 Å². The number of anilines is 1. The molecular weight excluding hydrogens is 332 g/mol. The molecule has 3 heterocycles. The molecule has 1 aliphatic rings. The number of nitrogens with one attached hydrogen (secondary N) is 1. The zero-order valence-corrected chi connectivity index (χ0v) is 14.6. The lowest BCUT2D eigenvalue weighted by atomic mass is 10.1. The maximum absolute atomic E-state index is 12.0. The van der Waals surface area contributed by atoms with Crippen molar-refractivity contribution in [3.05, 3.63) is 58.4 Å². The minimum Gasteiger partial charge on any atom is -0.469 e. The predicted molar refractivity (Wildman–Crippen MR) is 98.2 cm³/mol. The quantitative estimate of drug-likeness (QED) is 0.725. The lowest BCUT2D eigenvalue weighted by Crippen LogP contribution is -2.35. The van der Waals surface area contributed by atoms with Gasteiger partial charge in [-0.25, -0.2) is 4.98 Å². The Morgan fingerprint density at radius 1 is 1.31 bits per heavy atom. The van der Waals surface area contributed by atoms with Gasteiger partial charge in [0, 0.05) is 36.4 Å². The van der Waals surface area contributed by atoms with Crippen molar-refractivity contribution in [1.29, 1.82) is 0 Å². The number of H-pyrrole nitrogens is 1. The summed E-state index contributed by atoms with van der Waals surface area (Å²) in [5.74, 6) is 0.730. The Bertz CT molecular complexity index is 1020. The number of aromatic amines is 1. The highest BCUT2D eigenvalue weighted by molar-refractivity contribution is 5.91. The number of hydrogen-bond acceptors (Lipinski definition) is 5. The van der Waals surface area contributed by atoms with E-state index in [9.17, 15) is 9.59 Å². The molecule has 1 N–H and O–H groups in total. The van der Waals surface area contributed by atoms with Crippen LogP contribution in [0.2, 0.25) is 0 Å². The van der Waals surface area contributed by atoms with Gasteiger partial charge in [-0.2, -0.15) is 0 Å². The highest BCUT2D eigenvalue weighted by atomic mass is 16.5. The molecule has 0 radical (unpaired) electrons. The molecule has 0 saturated heterocycles. The number of hydrogen-bond donors (Lipinski definition) is 1. The van der Waals surface area contributed by atoms with E-state index in [2.05, 4.69) is 19.4 Å². The van der Waals surface area contributed by atoms with Crippen LogP contribution < -0.4 is 10.5 Å². The summed E-state index contributed by atoms with van der Waals surface area (Å²) in [6, 6.07) is 9.47. The summed E-state index contributed by atoms with van der Waals surface area (Å²) < 4.78 is 6.87. The van der Waals surface area contributed by atoms with Crippen LogP contribution in [-0.2, 0) is 29.0 Å². The maximum Gasteiger partial charge on any atom is 0.305 e. The van der Waals surface area contributed by atoms with Crippen LogP contribution in [0.5, 0.6) is 0 Å². The van der Waals surface area contributed by atoms with Crippen molar-refractivity contribution < 1.29 is 9.53 Å². The van der Waals surface area contributed by atoms with Crippen molar-refractivity contribution in [1.82, 2.24) is 14.5 Å². The van der Waals surface area contributed by atoms with Crippen LogP contribution in [0.3, 0.4) is 0 Å². The summed E-state index contributed by atoms with van der Waals surface area (Å²) in [6.45, 7) is 2.18. The topological polar surface area (TPSA) is 80.2 Å². The van der Waals surface area contributed by atoms with Crippen molar-refractivity contribution in [2.75, 3.05) is 18.6 Å². The van der Waals surface area contributed by atoms with E-state index >= 15 is 0 Å². The number of aromatic nitrogens is 3. The molecule has 0 amide bonds. The van der Waals surface area contributed by atoms with Crippen LogP contribution in [0.25, 0.3) is 10.9 Å². The van der Waals surface area contributed by atoms with E-state index < -0.39 is 0 Å². The van der Waals surface area contributed by atoms with Crippen LogP contribution in [-0.4, -0.2) is 34.2 Å². The fourth-order valence-corrected chi connectivity index (χ4v) is 3.51. The molecule has 2 aromatic heterocycles. The number of ether oxygens (including phenoxy) is 1. The van der Waals surface area contributed by atoms with Gasteiger partial charge in [-0.15, -0.1) is 0 Å². The monoisotopic (exact) mass is 352 g/mol. The molecule has 7 heteroatoms. The summed E-state index contributed by atoms with van der Waals surface area (Å²) in [4.78, 5) is 33.0. The first kappa shape index (κ1) is 16.4. The van der Waals surface area contributed by atoms with E-state index in [1.54, 1.807) is 6.07 Å². The fraction of sp³-hybridized carbons (Fsp3) is 0.316. The molecule has 7 nitrogen and oxygen atoms in total. The van der Waals surface area contributed by atoms with Gasteiger partial charge in [0.1, 0.15) is 5.82 Å². The normalized spacial score (nSPS) is 13.7. The van der Waals surface area contributed by atoms with Gasteiger partial charge in [-0.1, -0.05) is 18.2 Å². The number of imidazole rings is 1. The van der Waals surface area contributed by atoms with Crippen LogP contribution in [0, 0.1) is 0 Å². The molecule has 0 atom stereocenters. The number of fused-ring (bicyclic) bond motifs is 2. The molecule has 1 aliphatic heterocycles. The van der Waals surface area contributed by atoms with Crippen LogP contribution in [0.15, 0.2) is 41.3 Å². The summed E-state index contributed by atoms with van der Waals surface area (Å²) in [5, 5.41) is 1.03. The van der Waals surface area contributed by atoms with E-state index in [0.717, 1.165) is 41.2 Å². The standard InChI is InChI=1S/C19H20N4O3/c1-26-19(25)7-6-13-11-20-17-12-22(8-9-23(13)17)16-10-18(24)21-15-5-3-2-4-14(15)16/h2-5,10-11H,6-9,12H2,1H3,(H,21,24). The van der Waals surface area contributed by atoms with E-state index in [0.29, 0.717) is 19.4 Å². The van der Waals surface area contributed by atoms with Crippen molar-refractivity contribution in [3.63, 3.8) is 0 Å². The third-order valence-electron chi connectivity index (χ3n) is 4.83. The second-order valence-corrected chi connectivity index (χ2v) is 6.38. The summed E-state index contributed by atoms with van der Waals surface area (Å²) in [6.07, 6.45) is 2.80. The Hall–Kier alpha value is -3.09. The Balaban J connectivity index is 1.61. The van der Waals surface area contributed by atoms with Crippen molar-refractivity contribution in [2.24, 2.45) is 0 Å². The Labute approximate surface area is 150 Å². The fourth-order valence-electron chi connectivity index (χ4n) is 3.51. The lowest BCUT2D eigenvalue weighted by Gasteiger charge is -2.31. The molecule has 0 unspecified atom stereocenters. The Kier molecular flexibility index (Phi) is 4.20. The number of para-hydroxylation sites is 1. The van der Waals surface area contributed by atoms with Gasteiger partial charge >= 0.3 is 5.97 Å². The Morgan fingerprint density at radius 3 is 3.00 bits per heavy atom. The largest absolute Gasteiger partial charge is 0.469 e. The van der Waals surface area contributed by atoms with Gasteiger partial charge in [-0.05, 0) is 12.5 Å². The molecule has 26 heavy (non-hydrogen) atoms. The molecule has 0 spiro atoms. The van der Waals surface area contributed by atoms with Gasteiger partial charge < -0.3 is 19.2 Å². The lowest BCUT2D eigenvalue weighted by molar-refractivity contribution is -0.140. The predicted octanol–water partition coefficient (Wildman–Crippen LogP) is 1.85. The van der Waals surface area contributed by atoms with E-state index in [1.807, 2.05) is 30.5 Å². The number of carbonyl (C=O) groups is 1. The van der Waals surface area contributed by atoms with Gasteiger partial charge in [0.2, 0.25) is 5.56 Å². The zero-order valence-electron chi connectivity index (χ0n) is 14.6. The van der Waals surface area contributed by atoms with Crippen LogP contribution in [0.4, 0.5) is 5.69 Å². The number of rotatable bonds is 4. The van der Waals surface area contributed by atoms with E-state index in [4.69, 9.17) is 4.74 Å². The number of benzene rings is 1. The van der Waals surface area contributed by atoms with Gasteiger partial charge in [-0.3, -0.25) is 9.59 Å². The summed E-state index contributed by atoms with van der Waals surface area (Å²) in [7, 11) is 1.40. The highest BCUT2D eigenvalue weighted by Gasteiger charge is 2.22. The number of aryl methyl sites for hydroxylation is 1. The minimum atomic E-state index is -0.215. The van der Waals surface area contributed by atoms with Gasteiger partial charge in [0.25, 0.3) is 0 Å². The van der Waals surface area contributed by atoms with Crippen molar-refractivity contribution in [2.45, 2.75) is 25.9 Å². The molecule has 134 valence electrons. The van der Waals surface area contributed by atoms with Crippen molar-refractivity contribution in [3.8, 4) is 0 Å². The van der Waals surface area contributed by atoms with Gasteiger partial charge in [0.15, 0.2) is 0 Å². The van der Waals surface area contributed by atoms with Crippen LogP contribution in [0.1, 0.15) is 17.9 Å². The molecule has 0 aliphatic carbocycles. The third kappa shape index (κ3) is 2.96. The average Bonchev–Trinajstić information content (AvgIpc) is 3.07. The first-order chi connectivity index (χ1) is 12.7. The number of pyridine rings is 1. The van der Waals surface area contributed by atoms with Crippen molar-refractivity contribution >= 4 is 22.6 Å². The molecular formula is C19H20N4O3. The highest BCUT2D eigenvalue weighted by Crippen LogP contribution is 2.27. The number of esters is 1. The van der Waals surface area contributed by atoms with Gasteiger partial charge in [0.05, 0.1) is 31.3 Å². The molecule has 0 saturated carbocycles. The molecule has 0 fully saturated rings. The summed E-state index contributed by atoms with van der Waals surface area (Å²) in [5.41, 5.74) is 2.70. The number of carbonyl (C=O) groups excluding carboxylic acids is 1. The molecule has 4 rings (SSSR count). The second-order valence-electron chi connectivity index (χ2n) is 6.38. The van der Waals surface area contributed by atoms with E-state index in [1.165, 1.54) is 7.11 Å². The third-order valence-corrected chi connectivity index (χ3v) is 4.83. The first-order valence-corrected chi connectivity index (χ1v) is 8.63. The molecule has 0 bridgehead atoms. The van der Waals surface area contributed by atoms with Crippen LogP contribution >= 0.6 is 0 Å². The molecule has 3 aromatic rings. The number of methoxy groups -OCH3 is 1.